The van der Waals surface area contributed by atoms with Crippen molar-refractivity contribution in [3.8, 4) is 0 Å². The Labute approximate surface area is 140 Å². The molecular formula is C16H23ClF4N2. The van der Waals surface area contributed by atoms with Crippen molar-refractivity contribution >= 4 is 12.4 Å². The van der Waals surface area contributed by atoms with E-state index in [1.165, 1.54) is 0 Å². The number of nitrogens with one attached hydrogen (secondary N) is 1. The summed E-state index contributed by atoms with van der Waals surface area (Å²) in [5.74, 6) is -0.632. The fourth-order valence-electron chi connectivity index (χ4n) is 3.17. The number of nitrogens with zero attached hydrogens (tertiary/aromatic N) is 1. The maximum Gasteiger partial charge on any atom is 0.416 e. The van der Waals surface area contributed by atoms with Gasteiger partial charge in [-0.25, -0.2) is 4.39 Å². The Bertz CT molecular complexity index is 520. The quantitative estimate of drug-likeness (QED) is 0.798. The van der Waals surface area contributed by atoms with Crippen molar-refractivity contribution < 1.29 is 17.6 Å². The summed E-state index contributed by atoms with van der Waals surface area (Å²) in [5, 5.41) is 3.19. The number of benzene rings is 1. The van der Waals surface area contributed by atoms with Crippen LogP contribution in [-0.2, 0) is 6.18 Å². The Hall–Kier alpha value is -0.850. The number of hydrogen-bond donors (Lipinski definition) is 1. The number of halogens is 5. The minimum absolute atomic E-state index is 0. The van der Waals surface area contributed by atoms with Crippen molar-refractivity contribution in [1.29, 1.82) is 0 Å². The van der Waals surface area contributed by atoms with Gasteiger partial charge in [-0.05, 0) is 29.2 Å². The predicted octanol–water partition coefficient (Wildman–Crippen LogP) is 4.26. The first-order valence-electron chi connectivity index (χ1n) is 7.42. The van der Waals surface area contributed by atoms with E-state index in [4.69, 9.17) is 0 Å². The van der Waals surface area contributed by atoms with Crippen LogP contribution in [0.5, 0.6) is 0 Å². The van der Waals surface area contributed by atoms with Gasteiger partial charge in [0.1, 0.15) is 5.82 Å². The smallest absolute Gasteiger partial charge is 0.314 e. The van der Waals surface area contributed by atoms with E-state index in [0.717, 1.165) is 31.3 Å². The first kappa shape index (κ1) is 20.2. The summed E-state index contributed by atoms with van der Waals surface area (Å²) in [7, 11) is 0. The van der Waals surface area contributed by atoms with E-state index in [2.05, 4.69) is 5.32 Å². The molecule has 7 heteroatoms. The minimum atomic E-state index is -4.49. The molecule has 1 saturated heterocycles. The normalized spacial score (nSPS) is 18.4. The summed E-state index contributed by atoms with van der Waals surface area (Å²) >= 11 is 0. The summed E-state index contributed by atoms with van der Waals surface area (Å²) in [6.45, 7) is 8.43. The molecule has 0 aliphatic carbocycles. The Morgan fingerprint density at radius 1 is 1.09 bits per heavy atom. The van der Waals surface area contributed by atoms with E-state index in [9.17, 15) is 17.6 Å². The van der Waals surface area contributed by atoms with Crippen LogP contribution in [0.25, 0.3) is 0 Å². The van der Waals surface area contributed by atoms with Gasteiger partial charge in [0.25, 0.3) is 0 Å². The van der Waals surface area contributed by atoms with Gasteiger partial charge in [-0.15, -0.1) is 12.4 Å². The molecule has 0 radical (unpaired) electrons. The number of piperazine rings is 1. The molecule has 1 N–H and O–H groups in total. The molecule has 2 rings (SSSR count). The number of hydrogen-bond acceptors (Lipinski definition) is 2. The molecule has 1 aromatic carbocycles. The maximum absolute atomic E-state index is 13.7. The Balaban J connectivity index is 0.00000264. The Morgan fingerprint density at radius 3 is 2.13 bits per heavy atom. The summed E-state index contributed by atoms with van der Waals surface area (Å²) in [6.07, 6.45) is -4.49. The van der Waals surface area contributed by atoms with E-state index < -0.39 is 29.0 Å². The molecule has 1 atom stereocenters. The summed E-state index contributed by atoms with van der Waals surface area (Å²) in [4.78, 5) is 2.01. The standard InChI is InChI=1S/C16H22F4N2.ClH/c1-15(2,3)14(22-8-6-21-7-9-22)12-10-11(17)4-5-13(12)16(18,19)20;/h4-5,10,14,21H,6-9H2,1-3H3;1H/t14-;/m1./s1. The fraction of sp³-hybridized carbons (Fsp3) is 0.625. The van der Waals surface area contributed by atoms with Crippen LogP contribution in [0.3, 0.4) is 0 Å². The second-order valence-electron chi connectivity index (χ2n) is 6.78. The molecular weight excluding hydrogens is 332 g/mol. The lowest BCUT2D eigenvalue weighted by Crippen LogP contribution is -2.48. The molecule has 0 bridgehead atoms. The molecule has 1 aromatic rings. The monoisotopic (exact) mass is 354 g/mol. The second kappa shape index (κ2) is 7.36. The third-order valence-corrected chi connectivity index (χ3v) is 3.95. The van der Waals surface area contributed by atoms with Crippen LogP contribution in [0.2, 0.25) is 0 Å². The van der Waals surface area contributed by atoms with Crippen LogP contribution < -0.4 is 5.32 Å². The largest absolute Gasteiger partial charge is 0.416 e. The zero-order valence-corrected chi connectivity index (χ0v) is 14.3. The van der Waals surface area contributed by atoms with Gasteiger partial charge < -0.3 is 5.32 Å². The topological polar surface area (TPSA) is 15.3 Å². The van der Waals surface area contributed by atoms with Crippen molar-refractivity contribution in [1.82, 2.24) is 10.2 Å². The molecule has 1 heterocycles. The Morgan fingerprint density at radius 2 is 1.65 bits per heavy atom. The zero-order chi connectivity index (χ0) is 16.5. The molecule has 1 aliphatic heterocycles. The molecule has 0 amide bonds. The molecule has 0 unspecified atom stereocenters. The van der Waals surface area contributed by atoms with Gasteiger partial charge >= 0.3 is 6.18 Å². The average Bonchev–Trinajstić information content (AvgIpc) is 2.37. The van der Waals surface area contributed by atoms with Crippen LogP contribution in [0.1, 0.15) is 37.9 Å². The predicted molar refractivity (Wildman–Crippen MR) is 85.3 cm³/mol. The molecule has 1 fully saturated rings. The molecule has 0 saturated carbocycles. The molecule has 132 valence electrons. The highest BCUT2D eigenvalue weighted by Gasteiger charge is 2.40. The van der Waals surface area contributed by atoms with Gasteiger partial charge in [0.15, 0.2) is 0 Å². The molecule has 0 spiro atoms. The SMILES string of the molecule is CC(C)(C)[C@@H](c1cc(F)ccc1C(F)(F)F)N1CCNCC1.Cl. The lowest BCUT2D eigenvalue weighted by atomic mass is 9.79. The van der Waals surface area contributed by atoms with E-state index >= 15 is 0 Å². The van der Waals surface area contributed by atoms with Crippen molar-refractivity contribution in [2.45, 2.75) is 33.0 Å². The summed E-state index contributed by atoms with van der Waals surface area (Å²) in [5.41, 5.74) is -1.15. The fourth-order valence-corrected chi connectivity index (χ4v) is 3.17. The third kappa shape index (κ3) is 4.81. The van der Waals surface area contributed by atoms with Gasteiger partial charge in [-0.1, -0.05) is 20.8 Å². The van der Waals surface area contributed by atoms with Gasteiger partial charge in [-0.3, -0.25) is 4.90 Å². The van der Waals surface area contributed by atoms with E-state index in [0.29, 0.717) is 13.1 Å². The first-order valence-corrected chi connectivity index (χ1v) is 7.42. The zero-order valence-electron chi connectivity index (χ0n) is 13.5. The van der Waals surface area contributed by atoms with Gasteiger partial charge in [0.2, 0.25) is 0 Å². The van der Waals surface area contributed by atoms with E-state index in [1.54, 1.807) is 0 Å². The van der Waals surface area contributed by atoms with Crippen molar-refractivity contribution in [3.63, 3.8) is 0 Å². The average molecular weight is 355 g/mol. The number of alkyl halides is 3. The Kier molecular flexibility index (Phi) is 6.47. The summed E-state index contributed by atoms with van der Waals surface area (Å²) in [6, 6.07) is 2.29. The van der Waals surface area contributed by atoms with Crippen molar-refractivity contribution in [2.75, 3.05) is 26.2 Å². The van der Waals surface area contributed by atoms with Gasteiger partial charge in [-0.2, -0.15) is 13.2 Å². The van der Waals surface area contributed by atoms with Gasteiger partial charge in [0, 0.05) is 32.2 Å². The number of rotatable bonds is 2. The van der Waals surface area contributed by atoms with E-state index in [1.807, 2.05) is 25.7 Å². The third-order valence-electron chi connectivity index (χ3n) is 3.95. The molecule has 2 nitrogen and oxygen atoms in total. The molecule has 0 aromatic heterocycles. The highest BCUT2D eigenvalue weighted by atomic mass is 35.5. The van der Waals surface area contributed by atoms with Gasteiger partial charge in [0.05, 0.1) is 5.56 Å². The molecule has 1 aliphatic rings. The van der Waals surface area contributed by atoms with Crippen LogP contribution in [0.4, 0.5) is 17.6 Å². The highest BCUT2D eigenvalue weighted by molar-refractivity contribution is 5.85. The van der Waals surface area contributed by atoms with Crippen LogP contribution in [0.15, 0.2) is 18.2 Å². The van der Waals surface area contributed by atoms with Crippen LogP contribution in [-0.4, -0.2) is 31.1 Å². The molecule has 23 heavy (non-hydrogen) atoms. The minimum Gasteiger partial charge on any atom is -0.314 e. The lowest BCUT2D eigenvalue weighted by molar-refractivity contribution is -0.139. The first-order chi connectivity index (χ1) is 10.1. The summed E-state index contributed by atoms with van der Waals surface area (Å²) < 4.78 is 53.7. The van der Waals surface area contributed by atoms with E-state index in [-0.39, 0.29) is 18.0 Å². The maximum atomic E-state index is 13.7. The van der Waals surface area contributed by atoms with Crippen molar-refractivity contribution in [3.05, 3.63) is 35.1 Å². The lowest BCUT2D eigenvalue weighted by Gasteiger charge is -2.43. The van der Waals surface area contributed by atoms with Crippen LogP contribution >= 0.6 is 12.4 Å². The highest BCUT2D eigenvalue weighted by Crippen LogP contribution is 2.44. The van der Waals surface area contributed by atoms with Crippen LogP contribution in [0, 0.1) is 11.2 Å². The second-order valence-corrected chi connectivity index (χ2v) is 6.78. The van der Waals surface area contributed by atoms with Crippen molar-refractivity contribution in [2.24, 2.45) is 5.41 Å².